The van der Waals surface area contributed by atoms with Crippen molar-refractivity contribution in [2.24, 2.45) is 7.05 Å². The Labute approximate surface area is 121 Å². The molecule has 100 valence electrons. The topological polar surface area (TPSA) is 46.9 Å². The number of aromatic nitrogens is 2. The molecule has 0 aliphatic carbocycles. The van der Waals surface area contributed by atoms with Gasteiger partial charge in [0, 0.05) is 12.6 Å². The van der Waals surface area contributed by atoms with Crippen LogP contribution in [0.2, 0.25) is 5.02 Å². The zero-order valence-electron chi connectivity index (χ0n) is 10.8. The van der Waals surface area contributed by atoms with E-state index in [0.717, 1.165) is 11.0 Å². The van der Waals surface area contributed by atoms with Gasteiger partial charge in [0.1, 0.15) is 0 Å². The number of carbonyl (C=O) groups excluding carboxylic acids is 1. The van der Waals surface area contributed by atoms with Crippen molar-refractivity contribution >= 4 is 34.2 Å². The minimum absolute atomic E-state index is 0.203. The third-order valence-corrected chi connectivity index (χ3v) is 3.44. The molecule has 0 atom stereocenters. The summed E-state index contributed by atoms with van der Waals surface area (Å²) in [5.74, 6) is -0.203. The summed E-state index contributed by atoms with van der Waals surface area (Å²) in [6.07, 6.45) is 1.72. The summed E-state index contributed by atoms with van der Waals surface area (Å²) in [5, 5.41) is 3.31. The first-order valence-corrected chi connectivity index (χ1v) is 6.50. The Morgan fingerprint density at radius 2 is 2.05 bits per heavy atom. The fourth-order valence-corrected chi connectivity index (χ4v) is 2.22. The summed E-state index contributed by atoms with van der Waals surface area (Å²) in [5.41, 5.74) is 2.93. The largest absolute Gasteiger partial charge is 0.334 e. The quantitative estimate of drug-likeness (QED) is 0.783. The zero-order chi connectivity index (χ0) is 14.1. The van der Waals surface area contributed by atoms with Crippen LogP contribution in [0.15, 0.2) is 48.8 Å². The van der Waals surface area contributed by atoms with Gasteiger partial charge in [0.2, 0.25) is 0 Å². The third-order valence-electron chi connectivity index (χ3n) is 3.11. The van der Waals surface area contributed by atoms with Gasteiger partial charge in [-0.25, -0.2) is 4.98 Å². The lowest BCUT2D eigenvalue weighted by molar-refractivity contribution is 0.102. The lowest BCUT2D eigenvalue weighted by Crippen LogP contribution is -2.12. The highest BCUT2D eigenvalue weighted by molar-refractivity contribution is 6.33. The number of aryl methyl sites for hydroxylation is 1. The van der Waals surface area contributed by atoms with Gasteiger partial charge in [0.15, 0.2) is 0 Å². The second-order valence-electron chi connectivity index (χ2n) is 4.49. The van der Waals surface area contributed by atoms with Crippen molar-refractivity contribution in [1.29, 1.82) is 0 Å². The van der Waals surface area contributed by atoms with Crippen LogP contribution in [0.5, 0.6) is 0 Å². The maximum absolute atomic E-state index is 12.2. The highest BCUT2D eigenvalue weighted by atomic mass is 35.5. The maximum Gasteiger partial charge on any atom is 0.255 e. The van der Waals surface area contributed by atoms with Crippen LogP contribution in [-0.4, -0.2) is 15.5 Å². The third kappa shape index (κ3) is 2.26. The van der Waals surface area contributed by atoms with Gasteiger partial charge in [-0.2, -0.15) is 0 Å². The van der Waals surface area contributed by atoms with Gasteiger partial charge in [-0.05, 0) is 30.3 Å². The van der Waals surface area contributed by atoms with E-state index in [0.29, 0.717) is 16.3 Å². The maximum atomic E-state index is 12.2. The molecule has 0 aliphatic heterocycles. The standard InChI is InChI=1S/C15H12ClN3O/c1-19-9-17-13-8-10(6-7-14(13)19)15(20)18-12-5-3-2-4-11(12)16/h2-9H,1H3,(H,18,20). The van der Waals surface area contributed by atoms with Crippen molar-refractivity contribution in [2.75, 3.05) is 5.32 Å². The summed E-state index contributed by atoms with van der Waals surface area (Å²) in [6, 6.07) is 12.6. The van der Waals surface area contributed by atoms with Gasteiger partial charge in [-0.1, -0.05) is 23.7 Å². The van der Waals surface area contributed by atoms with Crippen LogP contribution in [-0.2, 0) is 7.05 Å². The van der Waals surface area contributed by atoms with E-state index < -0.39 is 0 Å². The number of fused-ring (bicyclic) bond motifs is 1. The number of imidazole rings is 1. The van der Waals surface area contributed by atoms with E-state index in [1.54, 1.807) is 30.6 Å². The van der Waals surface area contributed by atoms with Crippen molar-refractivity contribution in [3.63, 3.8) is 0 Å². The summed E-state index contributed by atoms with van der Waals surface area (Å²) < 4.78 is 1.91. The number of rotatable bonds is 2. The summed E-state index contributed by atoms with van der Waals surface area (Å²) >= 11 is 6.02. The van der Waals surface area contributed by atoms with Crippen LogP contribution in [0.25, 0.3) is 11.0 Å². The van der Waals surface area contributed by atoms with Gasteiger partial charge >= 0.3 is 0 Å². The number of carbonyl (C=O) groups is 1. The van der Waals surface area contributed by atoms with Crippen molar-refractivity contribution in [1.82, 2.24) is 9.55 Å². The summed E-state index contributed by atoms with van der Waals surface area (Å²) in [7, 11) is 1.92. The number of amides is 1. The fourth-order valence-electron chi connectivity index (χ4n) is 2.03. The van der Waals surface area contributed by atoms with Gasteiger partial charge in [-0.3, -0.25) is 4.79 Å². The average molecular weight is 286 g/mol. The second kappa shape index (κ2) is 4.98. The van der Waals surface area contributed by atoms with E-state index >= 15 is 0 Å². The second-order valence-corrected chi connectivity index (χ2v) is 4.90. The lowest BCUT2D eigenvalue weighted by Gasteiger charge is -2.07. The molecule has 0 fully saturated rings. The molecule has 1 aromatic heterocycles. The Balaban J connectivity index is 1.91. The van der Waals surface area contributed by atoms with E-state index in [2.05, 4.69) is 10.3 Å². The molecular weight excluding hydrogens is 274 g/mol. The van der Waals surface area contributed by atoms with E-state index in [9.17, 15) is 4.79 Å². The predicted molar refractivity (Wildman–Crippen MR) is 80.1 cm³/mol. The van der Waals surface area contributed by atoms with Gasteiger partial charge in [0.25, 0.3) is 5.91 Å². The predicted octanol–water partition coefficient (Wildman–Crippen LogP) is 3.48. The highest BCUT2D eigenvalue weighted by Gasteiger charge is 2.10. The first kappa shape index (κ1) is 12.7. The van der Waals surface area contributed by atoms with Crippen molar-refractivity contribution in [3.05, 3.63) is 59.4 Å². The number of nitrogens with one attached hydrogen (secondary N) is 1. The van der Waals surface area contributed by atoms with E-state index in [-0.39, 0.29) is 5.91 Å². The van der Waals surface area contributed by atoms with E-state index in [1.165, 1.54) is 0 Å². The number of benzene rings is 2. The van der Waals surface area contributed by atoms with E-state index in [4.69, 9.17) is 11.6 Å². The molecule has 0 bridgehead atoms. The Bertz CT molecular complexity index is 795. The fraction of sp³-hybridized carbons (Fsp3) is 0.0667. The smallest absolute Gasteiger partial charge is 0.255 e. The molecule has 20 heavy (non-hydrogen) atoms. The molecule has 3 aromatic rings. The minimum Gasteiger partial charge on any atom is -0.334 e. The lowest BCUT2D eigenvalue weighted by atomic mass is 10.2. The number of hydrogen-bond donors (Lipinski definition) is 1. The zero-order valence-corrected chi connectivity index (χ0v) is 11.6. The van der Waals surface area contributed by atoms with Crippen LogP contribution in [0.3, 0.4) is 0 Å². The van der Waals surface area contributed by atoms with Gasteiger partial charge < -0.3 is 9.88 Å². The van der Waals surface area contributed by atoms with Crippen LogP contribution in [0, 0.1) is 0 Å². The molecule has 0 unspecified atom stereocenters. The average Bonchev–Trinajstić information content (AvgIpc) is 2.82. The number of halogens is 1. The Hall–Kier alpha value is -2.33. The molecule has 4 nitrogen and oxygen atoms in total. The number of anilines is 1. The Kier molecular flexibility index (Phi) is 3.16. The van der Waals surface area contributed by atoms with Crippen molar-refractivity contribution < 1.29 is 4.79 Å². The van der Waals surface area contributed by atoms with Crippen LogP contribution < -0.4 is 5.32 Å². The molecule has 0 saturated heterocycles. The SMILES string of the molecule is Cn1cnc2cc(C(=O)Nc3ccccc3Cl)ccc21. The molecule has 1 N–H and O–H groups in total. The van der Waals surface area contributed by atoms with Gasteiger partial charge in [-0.15, -0.1) is 0 Å². The summed E-state index contributed by atoms with van der Waals surface area (Å²) in [4.78, 5) is 16.5. The van der Waals surface area contributed by atoms with Crippen LogP contribution in [0.1, 0.15) is 10.4 Å². The van der Waals surface area contributed by atoms with Crippen molar-refractivity contribution in [2.45, 2.75) is 0 Å². The molecular formula is C15H12ClN3O. The molecule has 0 radical (unpaired) electrons. The van der Waals surface area contributed by atoms with Crippen LogP contribution >= 0.6 is 11.6 Å². The van der Waals surface area contributed by atoms with Crippen LogP contribution in [0.4, 0.5) is 5.69 Å². The molecule has 0 saturated carbocycles. The molecule has 2 aromatic carbocycles. The van der Waals surface area contributed by atoms with Crippen molar-refractivity contribution in [3.8, 4) is 0 Å². The highest BCUT2D eigenvalue weighted by Crippen LogP contribution is 2.22. The first-order valence-electron chi connectivity index (χ1n) is 6.12. The molecule has 3 rings (SSSR count). The molecule has 5 heteroatoms. The van der Waals surface area contributed by atoms with E-state index in [1.807, 2.05) is 29.8 Å². The summed E-state index contributed by atoms with van der Waals surface area (Å²) in [6.45, 7) is 0. The van der Waals surface area contributed by atoms with Gasteiger partial charge in [0.05, 0.1) is 28.1 Å². The number of para-hydroxylation sites is 1. The number of hydrogen-bond acceptors (Lipinski definition) is 2. The Morgan fingerprint density at radius 1 is 1.25 bits per heavy atom. The normalized spacial score (nSPS) is 10.7. The molecule has 1 amide bonds. The number of nitrogens with zero attached hydrogens (tertiary/aromatic N) is 2. The Morgan fingerprint density at radius 3 is 2.85 bits per heavy atom. The first-order chi connectivity index (χ1) is 9.65. The molecule has 0 spiro atoms. The molecule has 1 heterocycles. The minimum atomic E-state index is -0.203. The monoisotopic (exact) mass is 285 g/mol. The molecule has 0 aliphatic rings.